The summed E-state index contributed by atoms with van der Waals surface area (Å²) in [6.07, 6.45) is 2.15. The van der Waals surface area contributed by atoms with Gasteiger partial charge in [0.05, 0.1) is 5.02 Å². The number of carbonyl (C=O) groups is 1. The lowest BCUT2D eigenvalue weighted by atomic mass is 10.0. The first-order chi connectivity index (χ1) is 10.2. The van der Waals surface area contributed by atoms with Gasteiger partial charge in [0.1, 0.15) is 5.75 Å². The molecule has 0 aliphatic carbocycles. The molecule has 1 saturated heterocycles. The van der Waals surface area contributed by atoms with Gasteiger partial charge in [-0.1, -0.05) is 30.7 Å². The predicted octanol–water partition coefficient (Wildman–Crippen LogP) is 3.13. The molecule has 1 aromatic carbocycles. The number of halogens is 2. The number of amides is 1. The van der Waals surface area contributed by atoms with Crippen LogP contribution in [0.2, 0.25) is 5.02 Å². The second-order valence-corrected chi connectivity index (χ2v) is 5.74. The molecule has 1 aliphatic heterocycles. The lowest BCUT2D eigenvalue weighted by Crippen LogP contribution is -2.48. The third-order valence-corrected chi connectivity index (χ3v) is 4.28. The van der Waals surface area contributed by atoms with Gasteiger partial charge in [-0.15, -0.1) is 12.4 Å². The van der Waals surface area contributed by atoms with Crippen LogP contribution in [-0.2, 0) is 4.79 Å². The summed E-state index contributed by atoms with van der Waals surface area (Å²) in [6.45, 7) is 3.53. The average molecular weight is 347 g/mol. The molecule has 4 nitrogen and oxygen atoms in total. The number of hydrogen-bond donors (Lipinski definition) is 1. The topological polar surface area (TPSA) is 41.6 Å². The van der Waals surface area contributed by atoms with E-state index in [1.165, 1.54) is 0 Å². The Morgan fingerprint density at radius 3 is 2.59 bits per heavy atom. The van der Waals surface area contributed by atoms with Crippen molar-refractivity contribution in [2.75, 3.05) is 20.1 Å². The van der Waals surface area contributed by atoms with Crippen molar-refractivity contribution >= 4 is 29.9 Å². The Balaban J connectivity index is 0.00000242. The van der Waals surface area contributed by atoms with Crippen LogP contribution in [0.3, 0.4) is 0 Å². The van der Waals surface area contributed by atoms with E-state index in [4.69, 9.17) is 16.3 Å². The van der Waals surface area contributed by atoms with Crippen LogP contribution in [-0.4, -0.2) is 43.1 Å². The average Bonchev–Trinajstić information content (AvgIpc) is 2.53. The van der Waals surface area contributed by atoms with E-state index >= 15 is 0 Å². The molecule has 1 aromatic rings. The number of para-hydroxylation sites is 1. The molecule has 2 rings (SSSR count). The zero-order chi connectivity index (χ0) is 15.2. The highest BCUT2D eigenvalue weighted by Gasteiger charge is 2.28. The third-order valence-electron chi connectivity index (χ3n) is 3.97. The second-order valence-electron chi connectivity index (χ2n) is 5.33. The maximum absolute atomic E-state index is 12.6. The first kappa shape index (κ1) is 19.1. The number of ether oxygens (including phenoxy) is 1. The van der Waals surface area contributed by atoms with Crippen molar-refractivity contribution in [2.24, 2.45) is 0 Å². The van der Waals surface area contributed by atoms with Gasteiger partial charge in [-0.25, -0.2) is 0 Å². The highest BCUT2D eigenvalue weighted by atomic mass is 35.5. The molecule has 6 heteroatoms. The predicted molar refractivity (Wildman–Crippen MR) is 92.1 cm³/mol. The molecule has 1 heterocycles. The summed E-state index contributed by atoms with van der Waals surface area (Å²) in [5.41, 5.74) is 0. The van der Waals surface area contributed by atoms with Crippen LogP contribution in [0.1, 0.15) is 26.2 Å². The molecule has 0 radical (unpaired) electrons. The van der Waals surface area contributed by atoms with Crippen molar-refractivity contribution in [2.45, 2.75) is 38.3 Å². The highest BCUT2D eigenvalue weighted by molar-refractivity contribution is 6.32. The molecular weight excluding hydrogens is 323 g/mol. The van der Waals surface area contributed by atoms with E-state index < -0.39 is 6.10 Å². The fourth-order valence-corrected chi connectivity index (χ4v) is 2.77. The van der Waals surface area contributed by atoms with Crippen molar-refractivity contribution in [1.29, 1.82) is 0 Å². The molecule has 1 amide bonds. The fraction of sp³-hybridized carbons (Fsp3) is 0.562. The Labute approximate surface area is 143 Å². The Hall–Kier alpha value is -0.970. The van der Waals surface area contributed by atoms with Crippen LogP contribution >= 0.6 is 24.0 Å². The molecular formula is C16H24Cl2N2O2. The van der Waals surface area contributed by atoms with Crippen LogP contribution in [0.25, 0.3) is 0 Å². The lowest BCUT2D eigenvalue weighted by Gasteiger charge is -2.34. The number of nitrogens with one attached hydrogen (secondary N) is 1. The van der Waals surface area contributed by atoms with Gasteiger partial charge in [0, 0.05) is 19.1 Å². The lowest BCUT2D eigenvalue weighted by molar-refractivity contribution is -0.140. The highest BCUT2D eigenvalue weighted by Crippen LogP contribution is 2.25. The number of rotatable bonds is 5. The number of benzene rings is 1. The first-order valence-corrected chi connectivity index (χ1v) is 7.90. The molecule has 0 saturated carbocycles. The van der Waals surface area contributed by atoms with Gasteiger partial charge >= 0.3 is 0 Å². The summed E-state index contributed by atoms with van der Waals surface area (Å²) in [6, 6.07) is 7.79. The van der Waals surface area contributed by atoms with Crippen LogP contribution in [0.4, 0.5) is 0 Å². The van der Waals surface area contributed by atoms with E-state index in [-0.39, 0.29) is 18.3 Å². The molecule has 124 valence electrons. The van der Waals surface area contributed by atoms with Crippen LogP contribution in [0, 0.1) is 0 Å². The van der Waals surface area contributed by atoms with Gasteiger partial charge in [-0.3, -0.25) is 4.79 Å². The zero-order valence-corrected chi connectivity index (χ0v) is 14.6. The van der Waals surface area contributed by atoms with Gasteiger partial charge in [0.2, 0.25) is 0 Å². The minimum Gasteiger partial charge on any atom is -0.479 e. The Morgan fingerprint density at radius 1 is 1.41 bits per heavy atom. The molecule has 1 aliphatic rings. The molecule has 1 fully saturated rings. The normalized spacial score (nSPS) is 16.8. The van der Waals surface area contributed by atoms with E-state index in [0.29, 0.717) is 23.2 Å². The van der Waals surface area contributed by atoms with Crippen LogP contribution in [0.5, 0.6) is 5.75 Å². The minimum atomic E-state index is -0.462. The smallest absolute Gasteiger partial charge is 0.263 e. The minimum absolute atomic E-state index is 0. The largest absolute Gasteiger partial charge is 0.479 e. The molecule has 1 unspecified atom stereocenters. The molecule has 0 bridgehead atoms. The van der Waals surface area contributed by atoms with E-state index in [1.807, 2.05) is 31.0 Å². The first-order valence-electron chi connectivity index (χ1n) is 7.53. The molecule has 1 atom stereocenters. The van der Waals surface area contributed by atoms with E-state index in [1.54, 1.807) is 12.1 Å². The summed E-state index contributed by atoms with van der Waals surface area (Å²) in [5.74, 6) is 0.636. The molecule has 22 heavy (non-hydrogen) atoms. The van der Waals surface area contributed by atoms with Gasteiger partial charge in [0.25, 0.3) is 5.91 Å². The maximum Gasteiger partial charge on any atom is 0.263 e. The summed E-state index contributed by atoms with van der Waals surface area (Å²) in [5, 5.41) is 3.81. The van der Waals surface area contributed by atoms with Gasteiger partial charge in [0.15, 0.2) is 6.10 Å². The van der Waals surface area contributed by atoms with Crippen molar-refractivity contribution in [3.05, 3.63) is 29.3 Å². The summed E-state index contributed by atoms with van der Waals surface area (Å²) >= 11 is 6.10. The van der Waals surface area contributed by atoms with Crippen molar-refractivity contribution in [1.82, 2.24) is 10.2 Å². The fourth-order valence-electron chi connectivity index (χ4n) is 2.59. The van der Waals surface area contributed by atoms with Crippen molar-refractivity contribution < 1.29 is 9.53 Å². The number of carbonyl (C=O) groups excluding carboxylic acids is 1. The van der Waals surface area contributed by atoms with E-state index in [0.717, 1.165) is 25.9 Å². The van der Waals surface area contributed by atoms with Crippen molar-refractivity contribution in [3.63, 3.8) is 0 Å². The van der Waals surface area contributed by atoms with Gasteiger partial charge < -0.3 is 15.0 Å². The standard InChI is InChI=1S/C16H23ClN2O2.ClH/c1-3-14(21-15-7-5-4-6-13(15)17)16(20)19-10-8-12(18-2)9-11-19;/h4-7,12,14,18H,3,8-11H2,1-2H3;1H. The van der Waals surface area contributed by atoms with E-state index in [9.17, 15) is 4.79 Å². The number of likely N-dealkylation sites (tertiary alicyclic amines) is 1. The monoisotopic (exact) mass is 346 g/mol. The second kappa shape index (κ2) is 9.23. The number of hydrogen-bond acceptors (Lipinski definition) is 3. The molecule has 0 spiro atoms. The number of nitrogens with zero attached hydrogens (tertiary/aromatic N) is 1. The van der Waals surface area contributed by atoms with Crippen LogP contribution in [0.15, 0.2) is 24.3 Å². The summed E-state index contributed by atoms with van der Waals surface area (Å²) < 4.78 is 5.82. The molecule has 0 aromatic heterocycles. The SMILES string of the molecule is CCC(Oc1ccccc1Cl)C(=O)N1CCC(NC)CC1.Cl. The molecule has 1 N–H and O–H groups in total. The maximum atomic E-state index is 12.6. The Kier molecular flexibility index (Phi) is 8.01. The quantitative estimate of drug-likeness (QED) is 0.890. The number of piperidine rings is 1. The van der Waals surface area contributed by atoms with Gasteiger partial charge in [-0.05, 0) is 38.4 Å². The van der Waals surface area contributed by atoms with Gasteiger partial charge in [-0.2, -0.15) is 0 Å². The van der Waals surface area contributed by atoms with E-state index in [2.05, 4.69) is 5.32 Å². The Morgan fingerprint density at radius 2 is 2.05 bits per heavy atom. The van der Waals surface area contributed by atoms with Crippen LogP contribution < -0.4 is 10.1 Å². The Bertz CT molecular complexity index is 477. The zero-order valence-electron chi connectivity index (χ0n) is 13.0. The third kappa shape index (κ3) is 4.77. The van der Waals surface area contributed by atoms with Crippen molar-refractivity contribution in [3.8, 4) is 5.75 Å². The summed E-state index contributed by atoms with van der Waals surface area (Å²) in [7, 11) is 1.97. The summed E-state index contributed by atoms with van der Waals surface area (Å²) in [4.78, 5) is 14.5.